The highest BCUT2D eigenvalue weighted by molar-refractivity contribution is 6.24. The van der Waals surface area contributed by atoms with Crippen LogP contribution in [0.2, 0.25) is 0 Å². The molecule has 86 valence electrons. The minimum atomic E-state index is -0.513. The second-order valence-electron chi connectivity index (χ2n) is 3.46. The Morgan fingerprint density at radius 1 is 1.35 bits per heavy atom. The summed E-state index contributed by atoms with van der Waals surface area (Å²) in [5.41, 5.74) is 1.54. The molecule has 0 fully saturated rings. The molecule has 17 heavy (non-hydrogen) atoms. The number of rotatable bonds is 2. The predicted molar refractivity (Wildman–Crippen MR) is 60.3 cm³/mol. The van der Waals surface area contributed by atoms with Crippen molar-refractivity contribution in [3.8, 4) is 0 Å². The first kappa shape index (κ1) is 11.0. The van der Waals surface area contributed by atoms with Gasteiger partial charge in [0.1, 0.15) is 0 Å². The zero-order chi connectivity index (χ0) is 12.4. The molecule has 1 aliphatic heterocycles. The summed E-state index contributed by atoms with van der Waals surface area (Å²) in [5, 5.41) is 14.0. The molecular formula is C11H8N2O4. The lowest BCUT2D eigenvalue weighted by molar-refractivity contribution is -0.384. The third-order valence-electron chi connectivity index (χ3n) is 2.29. The Morgan fingerprint density at radius 3 is 2.47 bits per heavy atom. The first-order chi connectivity index (χ1) is 8.08. The number of nitro groups is 1. The van der Waals surface area contributed by atoms with Gasteiger partial charge in [-0.15, -0.1) is 0 Å². The van der Waals surface area contributed by atoms with Crippen molar-refractivity contribution in [1.82, 2.24) is 0 Å². The van der Waals surface area contributed by atoms with E-state index in [0.29, 0.717) is 16.8 Å². The van der Waals surface area contributed by atoms with Gasteiger partial charge in [0.05, 0.1) is 16.2 Å². The maximum Gasteiger partial charge on any atom is 0.367 e. The Bertz CT molecular complexity index is 543. The molecule has 0 saturated carbocycles. The highest BCUT2D eigenvalue weighted by atomic mass is 16.7. The van der Waals surface area contributed by atoms with Gasteiger partial charge in [0, 0.05) is 12.1 Å². The van der Waals surface area contributed by atoms with Crippen molar-refractivity contribution in [1.29, 1.82) is 0 Å². The van der Waals surface area contributed by atoms with Gasteiger partial charge < -0.3 is 4.84 Å². The number of nitro benzene ring substituents is 1. The van der Waals surface area contributed by atoms with E-state index in [-0.39, 0.29) is 5.69 Å². The lowest BCUT2D eigenvalue weighted by atomic mass is 10.1. The van der Waals surface area contributed by atoms with Crippen LogP contribution in [0.5, 0.6) is 0 Å². The van der Waals surface area contributed by atoms with Gasteiger partial charge in [-0.05, 0) is 30.7 Å². The molecule has 0 unspecified atom stereocenters. The average molecular weight is 232 g/mol. The number of oxime groups is 1. The van der Waals surface area contributed by atoms with Crippen LogP contribution >= 0.6 is 0 Å². The van der Waals surface area contributed by atoms with Crippen LogP contribution in [0.15, 0.2) is 35.0 Å². The van der Waals surface area contributed by atoms with Gasteiger partial charge in [0.2, 0.25) is 0 Å². The van der Waals surface area contributed by atoms with E-state index in [1.807, 2.05) is 0 Å². The molecule has 0 radical (unpaired) electrons. The number of benzene rings is 1. The van der Waals surface area contributed by atoms with Crippen molar-refractivity contribution >= 4 is 23.4 Å². The number of hydrogen-bond donors (Lipinski definition) is 0. The van der Waals surface area contributed by atoms with Gasteiger partial charge >= 0.3 is 5.97 Å². The van der Waals surface area contributed by atoms with E-state index in [4.69, 9.17) is 0 Å². The van der Waals surface area contributed by atoms with E-state index >= 15 is 0 Å². The third-order valence-corrected chi connectivity index (χ3v) is 2.29. The molecule has 0 amide bonds. The molecule has 1 aliphatic rings. The van der Waals surface area contributed by atoms with Gasteiger partial charge in [-0.3, -0.25) is 10.1 Å². The minimum absolute atomic E-state index is 0.00605. The first-order valence-corrected chi connectivity index (χ1v) is 4.80. The summed E-state index contributed by atoms with van der Waals surface area (Å²) in [4.78, 5) is 25.7. The van der Waals surface area contributed by atoms with Crippen LogP contribution in [0.25, 0.3) is 6.08 Å². The van der Waals surface area contributed by atoms with Crippen molar-refractivity contribution in [2.24, 2.45) is 5.16 Å². The number of nitrogens with zero attached hydrogens (tertiary/aromatic N) is 2. The van der Waals surface area contributed by atoms with Crippen molar-refractivity contribution in [3.63, 3.8) is 0 Å². The van der Waals surface area contributed by atoms with Gasteiger partial charge in [-0.25, -0.2) is 4.79 Å². The fourth-order valence-electron chi connectivity index (χ4n) is 1.38. The molecule has 2 rings (SSSR count). The summed E-state index contributed by atoms with van der Waals surface area (Å²) in [6, 6.07) is 5.87. The molecule has 1 aromatic rings. The van der Waals surface area contributed by atoms with Crippen LogP contribution in [-0.2, 0) is 9.63 Å². The van der Waals surface area contributed by atoms with Crippen molar-refractivity contribution in [2.45, 2.75) is 6.92 Å². The summed E-state index contributed by atoms with van der Waals surface area (Å²) in [7, 11) is 0. The molecule has 1 heterocycles. The molecular weight excluding hydrogens is 224 g/mol. The van der Waals surface area contributed by atoms with Gasteiger partial charge in [0.25, 0.3) is 5.69 Å². The number of carbonyl (C=O) groups excluding carboxylic acids is 1. The lowest BCUT2D eigenvalue weighted by Gasteiger charge is -1.95. The summed E-state index contributed by atoms with van der Waals surface area (Å²) in [5.74, 6) is -0.513. The SMILES string of the molecule is CC1=NOC(=O)/C1=C\c1ccc([N+](=O)[O-])cc1. The standard InChI is InChI=1S/C11H8N2O4/c1-7-10(11(14)17-12-7)6-8-2-4-9(5-3-8)13(15)16/h2-6H,1H3/b10-6-. The summed E-state index contributed by atoms with van der Waals surface area (Å²) >= 11 is 0. The maximum atomic E-state index is 11.3. The second-order valence-corrected chi connectivity index (χ2v) is 3.46. The lowest BCUT2D eigenvalue weighted by Crippen LogP contribution is -2.01. The average Bonchev–Trinajstić information content (AvgIpc) is 2.61. The maximum absolute atomic E-state index is 11.3. The molecule has 1 aromatic carbocycles. The molecule has 6 nitrogen and oxygen atoms in total. The molecule has 0 atom stereocenters. The van der Waals surface area contributed by atoms with Crippen LogP contribution in [-0.4, -0.2) is 16.6 Å². The fourth-order valence-corrected chi connectivity index (χ4v) is 1.38. The predicted octanol–water partition coefficient (Wildman–Crippen LogP) is 1.91. The van der Waals surface area contributed by atoms with E-state index in [1.54, 1.807) is 25.1 Å². The summed E-state index contributed by atoms with van der Waals surface area (Å²) < 4.78 is 0. The van der Waals surface area contributed by atoms with E-state index in [0.717, 1.165) is 0 Å². The normalized spacial score (nSPS) is 16.9. The Morgan fingerprint density at radius 2 is 2.00 bits per heavy atom. The quantitative estimate of drug-likeness (QED) is 0.337. The monoisotopic (exact) mass is 232 g/mol. The molecule has 6 heteroatoms. The Balaban J connectivity index is 2.30. The highest BCUT2D eigenvalue weighted by Crippen LogP contribution is 2.17. The number of hydrogen-bond acceptors (Lipinski definition) is 5. The smallest absolute Gasteiger partial charge is 0.312 e. The van der Waals surface area contributed by atoms with Crippen LogP contribution in [0.4, 0.5) is 5.69 Å². The van der Waals surface area contributed by atoms with E-state index in [9.17, 15) is 14.9 Å². The van der Waals surface area contributed by atoms with E-state index < -0.39 is 10.9 Å². The molecule has 0 saturated heterocycles. The van der Waals surface area contributed by atoms with Crippen molar-refractivity contribution in [2.75, 3.05) is 0 Å². The molecule has 0 bridgehead atoms. The van der Waals surface area contributed by atoms with Crippen molar-refractivity contribution < 1.29 is 14.6 Å². The topological polar surface area (TPSA) is 81.8 Å². The second kappa shape index (κ2) is 4.17. The zero-order valence-corrected chi connectivity index (χ0v) is 8.91. The van der Waals surface area contributed by atoms with E-state index in [2.05, 4.69) is 9.99 Å². The van der Waals surface area contributed by atoms with Crippen LogP contribution in [0.1, 0.15) is 12.5 Å². The summed E-state index contributed by atoms with van der Waals surface area (Å²) in [6.07, 6.45) is 1.58. The van der Waals surface area contributed by atoms with Crippen LogP contribution in [0.3, 0.4) is 0 Å². The molecule has 0 N–H and O–H groups in total. The largest absolute Gasteiger partial charge is 0.367 e. The Kier molecular flexibility index (Phi) is 2.70. The Labute approximate surface area is 96.3 Å². The zero-order valence-electron chi connectivity index (χ0n) is 8.91. The number of non-ortho nitro benzene ring substituents is 1. The fraction of sp³-hybridized carbons (Fsp3) is 0.0909. The van der Waals surface area contributed by atoms with Crippen LogP contribution in [0, 0.1) is 10.1 Å². The minimum Gasteiger partial charge on any atom is -0.312 e. The number of carbonyl (C=O) groups is 1. The molecule has 0 aromatic heterocycles. The van der Waals surface area contributed by atoms with Crippen molar-refractivity contribution in [3.05, 3.63) is 45.5 Å². The highest BCUT2D eigenvalue weighted by Gasteiger charge is 2.21. The van der Waals surface area contributed by atoms with Crippen LogP contribution < -0.4 is 0 Å². The van der Waals surface area contributed by atoms with Gasteiger partial charge in [-0.2, -0.15) is 0 Å². The van der Waals surface area contributed by atoms with Gasteiger partial charge in [0.15, 0.2) is 0 Å². The van der Waals surface area contributed by atoms with Gasteiger partial charge in [-0.1, -0.05) is 5.16 Å². The third kappa shape index (κ3) is 2.20. The molecule has 0 aliphatic carbocycles. The molecule has 0 spiro atoms. The summed E-state index contributed by atoms with van der Waals surface area (Å²) in [6.45, 7) is 1.65. The Hall–Kier alpha value is -2.50. The first-order valence-electron chi connectivity index (χ1n) is 4.80. The van der Waals surface area contributed by atoms with E-state index in [1.165, 1.54) is 12.1 Å².